The summed E-state index contributed by atoms with van der Waals surface area (Å²) in [5, 5.41) is 4.92. The average molecular weight is 571 g/mol. The van der Waals surface area contributed by atoms with Gasteiger partial charge < -0.3 is 19.7 Å². The van der Waals surface area contributed by atoms with E-state index in [0.717, 1.165) is 67.2 Å². The van der Waals surface area contributed by atoms with Gasteiger partial charge in [-0.15, -0.1) is 0 Å². The summed E-state index contributed by atoms with van der Waals surface area (Å²) in [4.78, 5) is 49.0. The van der Waals surface area contributed by atoms with Gasteiger partial charge in [0.25, 0.3) is 10.9 Å². The number of pyridine rings is 2. The van der Waals surface area contributed by atoms with Gasteiger partial charge in [-0.2, -0.15) is 0 Å². The van der Waals surface area contributed by atoms with Gasteiger partial charge in [0.05, 0.1) is 12.0 Å². The van der Waals surface area contributed by atoms with E-state index in [0.29, 0.717) is 23.2 Å². The Morgan fingerprint density at radius 2 is 1.74 bits per heavy atom. The van der Waals surface area contributed by atoms with Crippen LogP contribution in [0.3, 0.4) is 0 Å². The number of hydrogen-bond donors (Lipinski definition) is 1. The molecule has 0 spiro atoms. The lowest BCUT2D eigenvalue weighted by molar-refractivity contribution is -0.144. The lowest BCUT2D eigenvalue weighted by Gasteiger charge is -2.28. The summed E-state index contributed by atoms with van der Waals surface area (Å²) in [6, 6.07) is 10.6. The van der Waals surface area contributed by atoms with Gasteiger partial charge in [-0.1, -0.05) is 38.8 Å². The van der Waals surface area contributed by atoms with Crippen LogP contribution < -0.4 is 25.8 Å². The Balaban J connectivity index is 1.34. The second kappa shape index (κ2) is 13.1. The van der Waals surface area contributed by atoms with Crippen molar-refractivity contribution in [3.05, 3.63) is 80.5 Å². The number of rotatable bonds is 11. The summed E-state index contributed by atoms with van der Waals surface area (Å²) in [6.45, 7) is 7.71. The summed E-state index contributed by atoms with van der Waals surface area (Å²) in [7, 11) is 0. The van der Waals surface area contributed by atoms with E-state index in [2.05, 4.69) is 30.2 Å². The summed E-state index contributed by atoms with van der Waals surface area (Å²) in [5.41, 5.74) is 1.34. The standard InChI is InChI=1S/C33H38N4O5/c1-4-41-33(40)27(36-28-29(31(39)30(28)38)37-15-7-5-6-8-16-37)18-22-9-11-25(12-10-22)42-32-26-20-34-14-13-23(26)19-24(35-32)17-21(2)3/h9-14,19-21,27,36H,4-8,15-18H2,1-3H3/t27-/m0/s1. The highest BCUT2D eigenvalue weighted by molar-refractivity contribution is 5.86. The number of carbonyl (C=O) groups excluding carboxylic acids is 1. The predicted molar refractivity (Wildman–Crippen MR) is 164 cm³/mol. The molecule has 1 aliphatic heterocycles. The lowest BCUT2D eigenvalue weighted by atomic mass is 10.0. The number of carbonyl (C=O) groups is 1. The zero-order valence-electron chi connectivity index (χ0n) is 24.5. The van der Waals surface area contributed by atoms with Crippen LogP contribution in [0.4, 0.5) is 11.4 Å². The molecule has 0 unspecified atom stereocenters. The molecule has 220 valence electrons. The van der Waals surface area contributed by atoms with Gasteiger partial charge >= 0.3 is 5.97 Å². The monoisotopic (exact) mass is 570 g/mol. The first-order valence-corrected chi connectivity index (χ1v) is 14.9. The second-order valence-electron chi connectivity index (χ2n) is 11.3. The van der Waals surface area contributed by atoms with Gasteiger partial charge in [-0.25, -0.2) is 9.78 Å². The SMILES string of the molecule is CCOC(=O)[C@H](Cc1ccc(Oc2nc(CC(C)C)cc3ccncc23)cc1)Nc1c(N2CCCCCC2)c(=O)c1=O. The number of nitrogens with zero attached hydrogens (tertiary/aromatic N) is 3. The van der Waals surface area contributed by atoms with Gasteiger partial charge in [0, 0.05) is 37.6 Å². The molecular formula is C33H38N4O5. The molecule has 0 bridgehead atoms. The van der Waals surface area contributed by atoms with Gasteiger partial charge in [-0.3, -0.25) is 14.6 Å². The highest BCUT2D eigenvalue weighted by atomic mass is 16.5. The van der Waals surface area contributed by atoms with Crippen molar-refractivity contribution < 1.29 is 14.3 Å². The second-order valence-corrected chi connectivity index (χ2v) is 11.3. The van der Waals surface area contributed by atoms with E-state index in [4.69, 9.17) is 14.5 Å². The number of aromatic nitrogens is 2. The van der Waals surface area contributed by atoms with E-state index in [-0.39, 0.29) is 18.7 Å². The topological polar surface area (TPSA) is 111 Å². The van der Waals surface area contributed by atoms with E-state index >= 15 is 0 Å². The van der Waals surface area contributed by atoms with Gasteiger partial charge in [0.15, 0.2) is 0 Å². The molecule has 2 aromatic heterocycles. The van der Waals surface area contributed by atoms with Gasteiger partial charge in [-0.05, 0) is 67.3 Å². The molecule has 1 aliphatic rings. The number of hydrogen-bond acceptors (Lipinski definition) is 9. The molecule has 2 aromatic carbocycles. The Hall–Kier alpha value is -4.27. The molecule has 1 atom stereocenters. The minimum Gasteiger partial charge on any atom is -0.464 e. The van der Waals surface area contributed by atoms with Crippen LogP contribution in [0, 0.1) is 5.92 Å². The lowest BCUT2D eigenvalue weighted by Crippen LogP contribution is -2.46. The van der Waals surface area contributed by atoms with Gasteiger partial charge in [0.1, 0.15) is 23.2 Å². The van der Waals surface area contributed by atoms with Crippen LogP contribution in [0.5, 0.6) is 11.6 Å². The third kappa shape index (κ3) is 6.61. The number of benzene rings is 1. The highest BCUT2D eigenvalue weighted by Crippen LogP contribution is 2.30. The maximum absolute atomic E-state index is 12.9. The van der Waals surface area contributed by atoms with E-state index in [1.165, 1.54) is 0 Å². The van der Waals surface area contributed by atoms with E-state index in [9.17, 15) is 14.4 Å². The van der Waals surface area contributed by atoms with Crippen LogP contribution in [-0.4, -0.2) is 41.7 Å². The fourth-order valence-electron chi connectivity index (χ4n) is 5.47. The molecule has 0 amide bonds. The largest absolute Gasteiger partial charge is 0.464 e. The van der Waals surface area contributed by atoms with Crippen molar-refractivity contribution in [2.75, 3.05) is 29.9 Å². The zero-order valence-corrected chi connectivity index (χ0v) is 24.5. The smallest absolute Gasteiger partial charge is 0.328 e. The number of esters is 1. The fourth-order valence-corrected chi connectivity index (χ4v) is 5.47. The first-order chi connectivity index (χ1) is 20.3. The predicted octanol–water partition coefficient (Wildman–Crippen LogP) is 5.18. The van der Waals surface area contributed by atoms with E-state index in [1.807, 2.05) is 35.2 Å². The Labute approximate surface area is 245 Å². The van der Waals surface area contributed by atoms with E-state index < -0.39 is 22.9 Å². The molecule has 0 radical (unpaired) electrons. The molecule has 0 aliphatic carbocycles. The molecule has 9 nitrogen and oxygen atoms in total. The van der Waals surface area contributed by atoms with Crippen LogP contribution in [-0.2, 0) is 22.4 Å². The summed E-state index contributed by atoms with van der Waals surface area (Å²) in [5.74, 6) is 1.08. The van der Waals surface area contributed by atoms with Crippen LogP contribution in [0.1, 0.15) is 57.7 Å². The van der Waals surface area contributed by atoms with Crippen LogP contribution in [0.2, 0.25) is 0 Å². The maximum Gasteiger partial charge on any atom is 0.328 e. The normalized spacial score (nSPS) is 14.6. The Bertz CT molecular complexity index is 1600. The molecular weight excluding hydrogens is 532 g/mol. The molecule has 42 heavy (non-hydrogen) atoms. The van der Waals surface area contributed by atoms with Crippen molar-refractivity contribution in [3.8, 4) is 11.6 Å². The first kappa shape index (κ1) is 29.2. The van der Waals surface area contributed by atoms with Gasteiger partial charge in [0.2, 0.25) is 5.88 Å². The van der Waals surface area contributed by atoms with Crippen molar-refractivity contribution >= 4 is 28.1 Å². The quantitative estimate of drug-likeness (QED) is 0.193. The molecule has 1 N–H and O–H groups in total. The summed E-state index contributed by atoms with van der Waals surface area (Å²) >= 11 is 0. The van der Waals surface area contributed by atoms with Crippen LogP contribution in [0.15, 0.2) is 58.4 Å². The summed E-state index contributed by atoms with van der Waals surface area (Å²) < 4.78 is 11.5. The molecule has 0 saturated carbocycles. The van der Waals surface area contributed by atoms with Crippen molar-refractivity contribution in [2.24, 2.45) is 5.92 Å². The minimum atomic E-state index is -0.824. The summed E-state index contributed by atoms with van der Waals surface area (Å²) in [6.07, 6.45) is 8.76. The highest BCUT2D eigenvalue weighted by Gasteiger charge is 2.30. The van der Waals surface area contributed by atoms with Crippen molar-refractivity contribution in [3.63, 3.8) is 0 Å². The molecule has 3 heterocycles. The van der Waals surface area contributed by atoms with Crippen molar-refractivity contribution in [1.82, 2.24) is 9.97 Å². The fraction of sp³-hybridized carbons (Fsp3) is 0.424. The third-order valence-corrected chi connectivity index (χ3v) is 7.54. The molecule has 5 rings (SSSR count). The molecule has 9 heteroatoms. The molecule has 4 aromatic rings. The maximum atomic E-state index is 12.9. The Morgan fingerprint density at radius 3 is 2.43 bits per heavy atom. The average Bonchev–Trinajstić information content (AvgIpc) is 3.26. The first-order valence-electron chi connectivity index (χ1n) is 14.9. The zero-order chi connectivity index (χ0) is 29.6. The van der Waals surface area contributed by atoms with E-state index in [1.54, 1.807) is 19.3 Å². The Kier molecular flexibility index (Phi) is 9.15. The molecule has 1 saturated heterocycles. The molecule has 1 fully saturated rings. The van der Waals surface area contributed by atoms with Crippen molar-refractivity contribution in [1.29, 1.82) is 0 Å². The van der Waals surface area contributed by atoms with Crippen LogP contribution >= 0.6 is 0 Å². The van der Waals surface area contributed by atoms with Crippen molar-refractivity contribution in [2.45, 2.75) is 65.3 Å². The number of fused-ring (bicyclic) bond motifs is 1. The number of anilines is 2. The number of ether oxygens (including phenoxy) is 2. The van der Waals surface area contributed by atoms with Crippen LogP contribution in [0.25, 0.3) is 10.8 Å². The Morgan fingerprint density at radius 1 is 1.00 bits per heavy atom. The number of nitrogens with one attached hydrogen (secondary N) is 1. The third-order valence-electron chi connectivity index (χ3n) is 7.54. The minimum absolute atomic E-state index is 0.209.